The van der Waals surface area contributed by atoms with Crippen LogP contribution in [0.4, 0.5) is 0 Å². The molecule has 1 aromatic heterocycles. The van der Waals surface area contributed by atoms with Gasteiger partial charge in [-0.2, -0.15) is 0 Å². The summed E-state index contributed by atoms with van der Waals surface area (Å²) in [6, 6.07) is 0. The van der Waals surface area contributed by atoms with Crippen LogP contribution in [-0.4, -0.2) is 9.97 Å². The van der Waals surface area contributed by atoms with Gasteiger partial charge in [-0.15, -0.1) is 0 Å². The monoisotopic (exact) mass is 191 g/mol. The molecule has 0 spiro atoms. The Morgan fingerprint density at radius 3 is 2.21 bits per heavy atom. The summed E-state index contributed by atoms with van der Waals surface area (Å²) in [7, 11) is 0. The third kappa shape index (κ3) is 3.86. The number of unbranched alkanes of at least 4 members (excludes halogenated alkanes) is 2. The van der Waals surface area contributed by atoms with Gasteiger partial charge in [-0.3, -0.25) is 9.97 Å². The van der Waals surface area contributed by atoms with Crippen molar-refractivity contribution in [1.82, 2.24) is 9.97 Å². The standard InChI is InChI=1S/C12H19N2/c1-3-5-6-8-12-10-13-11(7-4-2)9-14-12/h9-10H,1,3-8H2,2H3. The van der Waals surface area contributed by atoms with Gasteiger partial charge in [-0.1, -0.05) is 33.1 Å². The molecular formula is C12H19N2. The van der Waals surface area contributed by atoms with Crippen LogP contribution in [0.1, 0.15) is 44.0 Å². The third-order valence-corrected chi connectivity index (χ3v) is 2.20. The highest BCUT2D eigenvalue weighted by Crippen LogP contribution is 2.04. The summed E-state index contributed by atoms with van der Waals surface area (Å²) in [5.74, 6) is 0. The first-order valence-corrected chi connectivity index (χ1v) is 5.46. The topological polar surface area (TPSA) is 25.8 Å². The van der Waals surface area contributed by atoms with E-state index in [4.69, 9.17) is 0 Å². The minimum Gasteiger partial charge on any atom is -0.258 e. The molecule has 1 radical (unpaired) electrons. The Morgan fingerprint density at radius 1 is 1.07 bits per heavy atom. The summed E-state index contributed by atoms with van der Waals surface area (Å²) in [4.78, 5) is 8.76. The highest BCUT2D eigenvalue weighted by Gasteiger charge is 1.96. The molecule has 0 unspecified atom stereocenters. The van der Waals surface area contributed by atoms with Crippen LogP contribution in [0.5, 0.6) is 0 Å². The minimum absolute atomic E-state index is 1.02. The number of rotatable bonds is 6. The van der Waals surface area contributed by atoms with Crippen LogP contribution < -0.4 is 0 Å². The van der Waals surface area contributed by atoms with Gasteiger partial charge in [0.15, 0.2) is 0 Å². The molecule has 0 fully saturated rings. The van der Waals surface area contributed by atoms with Crippen LogP contribution in [0.2, 0.25) is 0 Å². The molecule has 0 atom stereocenters. The number of hydrogen-bond acceptors (Lipinski definition) is 2. The maximum Gasteiger partial charge on any atom is 0.0586 e. The van der Waals surface area contributed by atoms with Gasteiger partial charge in [0.2, 0.25) is 0 Å². The van der Waals surface area contributed by atoms with Crippen LogP contribution in [0.25, 0.3) is 0 Å². The lowest BCUT2D eigenvalue weighted by Gasteiger charge is -2.01. The van der Waals surface area contributed by atoms with Crippen LogP contribution in [0.3, 0.4) is 0 Å². The molecular weight excluding hydrogens is 172 g/mol. The fourth-order valence-electron chi connectivity index (χ4n) is 1.38. The Labute approximate surface area is 86.8 Å². The molecule has 1 rings (SSSR count). The van der Waals surface area contributed by atoms with Gasteiger partial charge in [-0.25, -0.2) is 0 Å². The van der Waals surface area contributed by atoms with E-state index < -0.39 is 0 Å². The van der Waals surface area contributed by atoms with E-state index in [0.717, 1.165) is 37.1 Å². The molecule has 1 aromatic rings. The molecule has 0 saturated carbocycles. The summed E-state index contributed by atoms with van der Waals surface area (Å²) in [6.45, 7) is 5.98. The molecule has 0 saturated heterocycles. The Morgan fingerprint density at radius 2 is 1.71 bits per heavy atom. The summed E-state index contributed by atoms with van der Waals surface area (Å²) < 4.78 is 0. The molecule has 0 aliphatic heterocycles. The molecule has 0 aromatic carbocycles. The van der Waals surface area contributed by atoms with E-state index in [1.165, 1.54) is 12.8 Å². The van der Waals surface area contributed by atoms with Gasteiger partial charge in [-0.05, 0) is 19.3 Å². The first-order valence-electron chi connectivity index (χ1n) is 5.46. The van der Waals surface area contributed by atoms with E-state index in [1.807, 2.05) is 12.4 Å². The van der Waals surface area contributed by atoms with Crippen LogP contribution in [-0.2, 0) is 12.8 Å². The molecule has 0 aliphatic carbocycles. The number of aromatic nitrogens is 2. The second-order valence-electron chi connectivity index (χ2n) is 3.56. The van der Waals surface area contributed by atoms with Crippen molar-refractivity contribution in [1.29, 1.82) is 0 Å². The van der Waals surface area contributed by atoms with Gasteiger partial charge >= 0.3 is 0 Å². The zero-order chi connectivity index (χ0) is 10.2. The van der Waals surface area contributed by atoms with Crippen molar-refractivity contribution >= 4 is 0 Å². The van der Waals surface area contributed by atoms with Crippen molar-refractivity contribution in [3.63, 3.8) is 0 Å². The zero-order valence-electron chi connectivity index (χ0n) is 9.00. The number of hydrogen-bond donors (Lipinski definition) is 0. The molecule has 14 heavy (non-hydrogen) atoms. The predicted octanol–water partition coefficient (Wildman–Crippen LogP) is 2.98. The lowest BCUT2D eigenvalue weighted by molar-refractivity contribution is 0.726. The van der Waals surface area contributed by atoms with Crippen molar-refractivity contribution in [3.05, 3.63) is 30.7 Å². The van der Waals surface area contributed by atoms with Crippen molar-refractivity contribution in [3.8, 4) is 0 Å². The maximum absolute atomic E-state index is 4.39. The van der Waals surface area contributed by atoms with Crippen LogP contribution >= 0.6 is 0 Å². The molecule has 0 amide bonds. The average molecular weight is 191 g/mol. The molecule has 0 bridgehead atoms. The van der Waals surface area contributed by atoms with Crippen molar-refractivity contribution in [2.75, 3.05) is 0 Å². The Balaban J connectivity index is 2.38. The van der Waals surface area contributed by atoms with Crippen molar-refractivity contribution < 1.29 is 0 Å². The summed E-state index contributed by atoms with van der Waals surface area (Å²) >= 11 is 0. The Bertz CT molecular complexity index is 241. The summed E-state index contributed by atoms with van der Waals surface area (Å²) in [5, 5.41) is 0. The van der Waals surface area contributed by atoms with E-state index in [1.54, 1.807) is 0 Å². The second kappa shape index (κ2) is 6.52. The molecule has 77 valence electrons. The van der Waals surface area contributed by atoms with Crippen molar-refractivity contribution in [2.45, 2.75) is 45.4 Å². The summed E-state index contributed by atoms with van der Waals surface area (Å²) in [6.07, 6.45) is 10.4. The fourth-order valence-corrected chi connectivity index (χ4v) is 1.38. The highest BCUT2D eigenvalue weighted by atomic mass is 14.8. The van der Waals surface area contributed by atoms with E-state index in [0.29, 0.717) is 0 Å². The molecule has 2 heteroatoms. The molecule has 2 nitrogen and oxygen atoms in total. The number of aryl methyl sites for hydroxylation is 2. The van der Waals surface area contributed by atoms with Gasteiger partial charge in [0.1, 0.15) is 0 Å². The predicted molar refractivity (Wildman–Crippen MR) is 58.9 cm³/mol. The molecule has 0 N–H and O–H groups in total. The summed E-state index contributed by atoms with van der Waals surface area (Å²) in [5.41, 5.74) is 2.21. The maximum atomic E-state index is 4.39. The van der Waals surface area contributed by atoms with E-state index in [9.17, 15) is 0 Å². The van der Waals surface area contributed by atoms with E-state index >= 15 is 0 Å². The van der Waals surface area contributed by atoms with Crippen LogP contribution in [0.15, 0.2) is 12.4 Å². The van der Waals surface area contributed by atoms with E-state index in [-0.39, 0.29) is 0 Å². The van der Waals surface area contributed by atoms with E-state index in [2.05, 4.69) is 23.8 Å². The average Bonchev–Trinajstić information content (AvgIpc) is 2.21. The highest BCUT2D eigenvalue weighted by molar-refractivity contribution is 5.02. The van der Waals surface area contributed by atoms with Gasteiger partial charge in [0.05, 0.1) is 11.4 Å². The van der Waals surface area contributed by atoms with Crippen molar-refractivity contribution in [2.24, 2.45) is 0 Å². The normalized spacial score (nSPS) is 10.4. The van der Waals surface area contributed by atoms with Crippen LogP contribution in [0, 0.1) is 6.92 Å². The quantitative estimate of drug-likeness (QED) is 0.646. The van der Waals surface area contributed by atoms with Gasteiger partial charge < -0.3 is 0 Å². The van der Waals surface area contributed by atoms with Gasteiger partial charge in [0, 0.05) is 12.4 Å². The van der Waals surface area contributed by atoms with Gasteiger partial charge in [0.25, 0.3) is 0 Å². The first-order chi connectivity index (χ1) is 6.86. The fraction of sp³-hybridized carbons (Fsp3) is 0.583. The SMILES string of the molecule is [CH2]CCCCc1cnc(CCC)cn1. The largest absolute Gasteiger partial charge is 0.258 e. The zero-order valence-corrected chi connectivity index (χ0v) is 9.00. The molecule has 0 aliphatic rings. The molecule has 1 heterocycles. The lowest BCUT2D eigenvalue weighted by Crippen LogP contribution is -1.96. The smallest absolute Gasteiger partial charge is 0.0586 e. The third-order valence-electron chi connectivity index (χ3n) is 2.20. The first kappa shape index (κ1) is 11.2. The number of nitrogens with zero attached hydrogens (tertiary/aromatic N) is 2. The Hall–Kier alpha value is -0.920. The lowest BCUT2D eigenvalue weighted by atomic mass is 10.1. The second-order valence-corrected chi connectivity index (χ2v) is 3.56. The Kier molecular flexibility index (Phi) is 5.20. The minimum atomic E-state index is 1.02.